The van der Waals surface area contributed by atoms with Crippen LogP contribution in [-0.2, 0) is 4.79 Å². The fraction of sp³-hybridized carbons (Fsp3) is 0.909. The highest BCUT2D eigenvalue weighted by atomic mass is 32.2. The van der Waals surface area contributed by atoms with Crippen LogP contribution in [0.25, 0.3) is 0 Å². The first-order valence-corrected chi connectivity index (χ1v) is 6.48. The number of rotatable bonds is 1. The maximum atomic E-state index is 10.9. The van der Waals surface area contributed by atoms with E-state index in [-0.39, 0.29) is 10.9 Å². The fourth-order valence-electron chi connectivity index (χ4n) is 3.08. The Kier molecular flexibility index (Phi) is 2.54. The van der Waals surface area contributed by atoms with Crippen molar-refractivity contribution >= 4 is 17.7 Å². The summed E-state index contributed by atoms with van der Waals surface area (Å²) >= 11 is 1.81. The molecule has 1 aliphatic carbocycles. The summed E-state index contributed by atoms with van der Waals surface area (Å²) in [7, 11) is 0. The third-order valence-corrected chi connectivity index (χ3v) is 5.30. The van der Waals surface area contributed by atoms with Gasteiger partial charge >= 0.3 is 5.97 Å². The standard InChI is InChI=1S/C11H19NO2S/c1-7-4-10(2,3)6-11(7)12-8(5-15-11)9(13)14/h7-8,12H,4-6H2,1-3H3,(H,13,14)/t7?,8-,11?/m1/s1. The van der Waals surface area contributed by atoms with Gasteiger partial charge in [0.05, 0.1) is 4.87 Å². The predicted octanol–water partition coefficient (Wildman–Crippen LogP) is 1.93. The first-order chi connectivity index (χ1) is 6.85. The van der Waals surface area contributed by atoms with Gasteiger partial charge < -0.3 is 5.11 Å². The molecule has 2 unspecified atom stereocenters. The number of hydrogen-bond donors (Lipinski definition) is 2. The Balaban J connectivity index is 2.14. The lowest BCUT2D eigenvalue weighted by molar-refractivity contribution is -0.139. The van der Waals surface area contributed by atoms with Crippen molar-refractivity contribution in [1.82, 2.24) is 5.32 Å². The summed E-state index contributed by atoms with van der Waals surface area (Å²) in [6.07, 6.45) is 2.26. The fourth-order valence-corrected chi connectivity index (χ4v) is 4.86. The molecule has 1 saturated carbocycles. The van der Waals surface area contributed by atoms with E-state index < -0.39 is 5.97 Å². The number of carbonyl (C=O) groups is 1. The molecule has 0 aromatic heterocycles. The van der Waals surface area contributed by atoms with Crippen LogP contribution >= 0.6 is 11.8 Å². The van der Waals surface area contributed by atoms with Gasteiger partial charge in [0.1, 0.15) is 6.04 Å². The predicted molar refractivity (Wildman–Crippen MR) is 61.9 cm³/mol. The summed E-state index contributed by atoms with van der Waals surface area (Å²) in [6, 6.07) is -0.355. The number of carboxylic acid groups (broad SMARTS) is 1. The molecule has 1 heterocycles. The molecule has 2 fully saturated rings. The SMILES string of the molecule is CC1CC(C)(C)CC12N[C@@H](C(=O)O)CS2. The van der Waals surface area contributed by atoms with Crippen molar-refractivity contribution in [3.8, 4) is 0 Å². The average Bonchev–Trinajstić information content (AvgIpc) is 2.56. The van der Waals surface area contributed by atoms with Gasteiger partial charge in [0, 0.05) is 5.75 Å². The molecule has 2 rings (SSSR count). The molecule has 1 saturated heterocycles. The molecule has 15 heavy (non-hydrogen) atoms. The molecule has 2 N–H and O–H groups in total. The van der Waals surface area contributed by atoms with E-state index >= 15 is 0 Å². The van der Waals surface area contributed by atoms with Gasteiger partial charge in [-0.1, -0.05) is 20.8 Å². The third-order valence-electron chi connectivity index (χ3n) is 3.62. The van der Waals surface area contributed by atoms with Crippen LogP contribution in [-0.4, -0.2) is 27.7 Å². The molecule has 1 aliphatic heterocycles. The molecular formula is C11H19NO2S. The van der Waals surface area contributed by atoms with Crippen LogP contribution in [0.15, 0.2) is 0 Å². The summed E-state index contributed by atoms with van der Waals surface area (Å²) in [5.41, 5.74) is 0.340. The van der Waals surface area contributed by atoms with Crippen molar-refractivity contribution in [3.05, 3.63) is 0 Å². The Morgan fingerprint density at radius 2 is 2.20 bits per heavy atom. The van der Waals surface area contributed by atoms with Crippen molar-refractivity contribution in [3.63, 3.8) is 0 Å². The highest BCUT2D eigenvalue weighted by Crippen LogP contribution is 2.54. The minimum Gasteiger partial charge on any atom is -0.480 e. The van der Waals surface area contributed by atoms with E-state index in [0.717, 1.165) is 6.42 Å². The third kappa shape index (κ3) is 1.89. The smallest absolute Gasteiger partial charge is 0.321 e. The van der Waals surface area contributed by atoms with Crippen molar-refractivity contribution in [1.29, 1.82) is 0 Å². The molecule has 4 heteroatoms. The van der Waals surface area contributed by atoms with Crippen LogP contribution < -0.4 is 5.32 Å². The maximum Gasteiger partial charge on any atom is 0.321 e. The Morgan fingerprint density at radius 1 is 1.53 bits per heavy atom. The Morgan fingerprint density at radius 3 is 2.60 bits per heavy atom. The van der Waals surface area contributed by atoms with Gasteiger partial charge in [0.2, 0.25) is 0 Å². The summed E-state index contributed by atoms with van der Waals surface area (Å²) in [5, 5.41) is 12.3. The molecule has 0 bridgehead atoms. The lowest BCUT2D eigenvalue weighted by Gasteiger charge is -2.29. The van der Waals surface area contributed by atoms with Gasteiger partial charge in [-0.05, 0) is 24.2 Å². The van der Waals surface area contributed by atoms with Crippen molar-refractivity contribution in [2.75, 3.05) is 5.75 Å². The topological polar surface area (TPSA) is 49.3 Å². The quantitative estimate of drug-likeness (QED) is 0.721. The average molecular weight is 229 g/mol. The van der Waals surface area contributed by atoms with E-state index in [0.29, 0.717) is 17.1 Å². The minimum atomic E-state index is -0.712. The molecule has 0 radical (unpaired) electrons. The Hall–Kier alpha value is -0.220. The second kappa shape index (κ2) is 3.39. The first kappa shape index (κ1) is 11.3. The molecular weight excluding hydrogens is 210 g/mol. The first-order valence-electron chi connectivity index (χ1n) is 5.49. The second-order valence-electron chi connectivity index (χ2n) is 5.68. The van der Waals surface area contributed by atoms with Gasteiger partial charge in [-0.15, -0.1) is 11.8 Å². The molecule has 3 nitrogen and oxygen atoms in total. The van der Waals surface area contributed by atoms with Gasteiger partial charge in [-0.2, -0.15) is 0 Å². The molecule has 0 amide bonds. The van der Waals surface area contributed by atoms with Crippen molar-refractivity contribution < 1.29 is 9.90 Å². The largest absolute Gasteiger partial charge is 0.480 e. The Labute approximate surface area is 95.0 Å². The van der Waals surface area contributed by atoms with Crippen LogP contribution in [0, 0.1) is 11.3 Å². The molecule has 1 spiro atoms. The zero-order valence-corrected chi connectivity index (χ0v) is 10.4. The van der Waals surface area contributed by atoms with E-state index in [1.165, 1.54) is 6.42 Å². The summed E-state index contributed by atoms with van der Waals surface area (Å²) in [4.78, 5) is 11.0. The molecule has 0 aromatic carbocycles. The zero-order valence-electron chi connectivity index (χ0n) is 9.54. The molecule has 86 valence electrons. The van der Waals surface area contributed by atoms with Crippen LogP contribution in [0.4, 0.5) is 0 Å². The van der Waals surface area contributed by atoms with Gasteiger partial charge in [-0.25, -0.2) is 0 Å². The van der Waals surface area contributed by atoms with Gasteiger partial charge in [0.25, 0.3) is 0 Å². The number of hydrogen-bond acceptors (Lipinski definition) is 3. The monoisotopic (exact) mass is 229 g/mol. The van der Waals surface area contributed by atoms with E-state index in [1.54, 1.807) is 0 Å². The van der Waals surface area contributed by atoms with Crippen molar-refractivity contribution in [2.45, 2.75) is 44.5 Å². The van der Waals surface area contributed by atoms with E-state index in [9.17, 15) is 4.79 Å². The summed E-state index contributed by atoms with van der Waals surface area (Å²) in [5.74, 6) is 0.550. The normalized spacial score (nSPS) is 43.7. The van der Waals surface area contributed by atoms with Crippen molar-refractivity contribution in [2.24, 2.45) is 11.3 Å². The lowest BCUT2D eigenvalue weighted by atomic mass is 9.91. The lowest BCUT2D eigenvalue weighted by Crippen LogP contribution is -2.46. The van der Waals surface area contributed by atoms with Gasteiger partial charge in [-0.3, -0.25) is 10.1 Å². The summed E-state index contributed by atoms with van der Waals surface area (Å²) < 4.78 is 0. The number of aliphatic carboxylic acids is 1. The van der Waals surface area contributed by atoms with Crippen LogP contribution in [0.2, 0.25) is 0 Å². The molecule has 3 atom stereocenters. The number of thioether (sulfide) groups is 1. The van der Waals surface area contributed by atoms with Crippen LogP contribution in [0.1, 0.15) is 33.6 Å². The summed E-state index contributed by atoms with van der Waals surface area (Å²) in [6.45, 7) is 6.78. The van der Waals surface area contributed by atoms with Crippen LogP contribution in [0.3, 0.4) is 0 Å². The Bertz CT molecular complexity index is 292. The highest BCUT2D eigenvalue weighted by Gasteiger charge is 2.53. The van der Waals surface area contributed by atoms with Gasteiger partial charge in [0.15, 0.2) is 0 Å². The highest BCUT2D eigenvalue weighted by molar-refractivity contribution is 8.01. The molecule has 2 aliphatic rings. The molecule has 0 aromatic rings. The number of carboxylic acids is 1. The second-order valence-corrected chi connectivity index (χ2v) is 7.03. The minimum absolute atomic E-state index is 0.0204. The zero-order chi connectivity index (χ0) is 11.3. The van der Waals surface area contributed by atoms with E-state index in [1.807, 2.05) is 11.8 Å². The number of nitrogens with one attached hydrogen (secondary N) is 1. The van der Waals surface area contributed by atoms with E-state index in [2.05, 4.69) is 26.1 Å². The van der Waals surface area contributed by atoms with E-state index in [4.69, 9.17) is 5.11 Å². The van der Waals surface area contributed by atoms with Crippen LogP contribution in [0.5, 0.6) is 0 Å². The maximum absolute atomic E-state index is 10.9.